The molecule has 0 unspecified atom stereocenters. The van der Waals surface area contributed by atoms with Crippen molar-refractivity contribution in [1.29, 1.82) is 0 Å². The highest BCUT2D eigenvalue weighted by molar-refractivity contribution is 5.92. The molecule has 0 spiro atoms. The van der Waals surface area contributed by atoms with E-state index in [1.807, 2.05) is 31.7 Å². The Morgan fingerprint density at radius 3 is 2.80 bits per heavy atom. The van der Waals surface area contributed by atoms with Crippen LogP contribution >= 0.6 is 0 Å². The fourth-order valence-electron chi connectivity index (χ4n) is 4.18. The van der Waals surface area contributed by atoms with E-state index >= 15 is 0 Å². The van der Waals surface area contributed by atoms with Crippen LogP contribution in [0, 0.1) is 26.7 Å². The van der Waals surface area contributed by atoms with E-state index in [4.69, 9.17) is 4.52 Å². The fraction of sp³-hybridized carbons (Fsp3) is 0.611. The van der Waals surface area contributed by atoms with Crippen molar-refractivity contribution in [3.05, 3.63) is 34.5 Å². The van der Waals surface area contributed by atoms with Crippen LogP contribution in [0.2, 0.25) is 0 Å². The maximum absolute atomic E-state index is 12.9. The van der Waals surface area contributed by atoms with Crippen molar-refractivity contribution in [2.24, 2.45) is 5.92 Å². The molecule has 25 heavy (non-hydrogen) atoms. The average Bonchev–Trinajstić information content (AvgIpc) is 3.02. The van der Waals surface area contributed by atoms with Crippen LogP contribution in [0.1, 0.15) is 46.0 Å². The molecule has 3 saturated heterocycles. The average molecular weight is 343 g/mol. The standard InChI is InChI=1S/C18H25N5O2/c1-11-6-17(20-19-11)18(24)23-8-14-4-5-15(23)9-22(7-14)10-16-12(2)21-25-13(16)3/h6,14-15H,4-5,7-10H2,1-3H3,(H,19,20)/t14-,15+/m1/s1. The molecular weight excluding hydrogens is 318 g/mol. The topological polar surface area (TPSA) is 78.3 Å². The zero-order valence-electron chi connectivity index (χ0n) is 15.1. The van der Waals surface area contributed by atoms with Crippen molar-refractivity contribution >= 4 is 5.91 Å². The number of amides is 1. The number of hydrogen-bond acceptors (Lipinski definition) is 5. The Morgan fingerprint density at radius 1 is 1.28 bits per heavy atom. The minimum Gasteiger partial charge on any atom is -0.361 e. The molecule has 1 N–H and O–H groups in total. The molecule has 7 nitrogen and oxygen atoms in total. The number of aromatic amines is 1. The molecule has 3 aliphatic rings. The third kappa shape index (κ3) is 3.08. The molecule has 3 fully saturated rings. The number of nitrogens with zero attached hydrogens (tertiary/aromatic N) is 4. The van der Waals surface area contributed by atoms with Gasteiger partial charge < -0.3 is 9.42 Å². The second-order valence-electron chi connectivity index (χ2n) is 7.49. The monoisotopic (exact) mass is 343 g/mol. The van der Waals surface area contributed by atoms with Gasteiger partial charge in [0.25, 0.3) is 5.91 Å². The normalized spacial score (nSPS) is 23.9. The molecule has 0 aliphatic carbocycles. The Balaban J connectivity index is 1.51. The first-order chi connectivity index (χ1) is 12.0. The number of carbonyl (C=O) groups is 1. The van der Waals surface area contributed by atoms with Gasteiger partial charge in [0.2, 0.25) is 0 Å². The lowest BCUT2D eigenvalue weighted by Gasteiger charge is -2.35. The highest BCUT2D eigenvalue weighted by Crippen LogP contribution is 2.30. The fourth-order valence-corrected chi connectivity index (χ4v) is 4.18. The zero-order chi connectivity index (χ0) is 17.6. The molecule has 2 aromatic heterocycles. The largest absolute Gasteiger partial charge is 0.361 e. The SMILES string of the molecule is Cc1cc(C(=O)N2C[C@@H]3CC[C@H]2CN(Cc2c(C)noc2C)C3)n[nH]1. The van der Waals surface area contributed by atoms with Gasteiger partial charge >= 0.3 is 0 Å². The highest BCUT2D eigenvalue weighted by atomic mass is 16.5. The summed E-state index contributed by atoms with van der Waals surface area (Å²) in [6.07, 6.45) is 2.25. The van der Waals surface area contributed by atoms with Crippen LogP contribution in [0.5, 0.6) is 0 Å². The predicted octanol–water partition coefficient (Wildman–Crippen LogP) is 2.06. The van der Waals surface area contributed by atoms with Crippen LogP contribution in [-0.2, 0) is 6.54 Å². The van der Waals surface area contributed by atoms with Gasteiger partial charge in [-0.05, 0) is 45.6 Å². The second-order valence-corrected chi connectivity index (χ2v) is 7.49. The molecule has 0 saturated carbocycles. The summed E-state index contributed by atoms with van der Waals surface area (Å²) in [7, 11) is 0. The van der Waals surface area contributed by atoms with Crippen LogP contribution in [0.4, 0.5) is 0 Å². The molecule has 134 valence electrons. The van der Waals surface area contributed by atoms with E-state index in [1.165, 1.54) is 12.0 Å². The van der Waals surface area contributed by atoms with E-state index in [2.05, 4.69) is 20.3 Å². The second kappa shape index (κ2) is 6.29. The van der Waals surface area contributed by atoms with Crippen LogP contribution in [0.15, 0.2) is 10.6 Å². The first-order valence-corrected chi connectivity index (χ1v) is 8.98. The van der Waals surface area contributed by atoms with Crippen LogP contribution in [0.3, 0.4) is 0 Å². The van der Waals surface area contributed by atoms with E-state index in [0.717, 1.165) is 49.7 Å². The minimum absolute atomic E-state index is 0.0539. The Kier molecular flexibility index (Phi) is 4.11. The molecule has 7 heteroatoms. The molecule has 0 aromatic carbocycles. The predicted molar refractivity (Wildman–Crippen MR) is 92.1 cm³/mol. The van der Waals surface area contributed by atoms with Gasteiger partial charge in [0.1, 0.15) is 11.5 Å². The number of nitrogens with one attached hydrogen (secondary N) is 1. The summed E-state index contributed by atoms with van der Waals surface area (Å²) in [6.45, 7) is 9.47. The Morgan fingerprint density at radius 2 is 2.12 bits per heavy atom. The Hall–Kier alpha value is -2.15. The van der Waals surface area contributed by atoms with Crippen LogP contribution in [-0.4, -0.2) is 56.7 Å². The number of piperidine rings is 1. The summed E-state index contributed by atoms with van der Waals surface area (Å²) in [5.74, 6) is 1.47. The summed E-state index contributed by atoms with van der Waals surface area (Å²) in [5.41, 5.74) is 3.60. The maximum atomic E-state index is 12.9. The minimum atomic E-state index is 0.0539. The summed E-state index contributed by atoms with van der Waals surface area (Å²) < 4.78 is 5.30. The van der Waals surface area contributed by atoms with Gasteiger partial charge in [-0.3, -0.25) is 14.8 Å². The Labute approximate surface area is 147 Å². The Bertz CT molecular complexity index is 761. The van der Waals surface area contributed by atoms with Gasteiger partial charge in [-0.2, -0.15) is 5.10 Å². The quantitative estimate of drug-likeness (QED) is 0.923. The van der Waals surface area contributed by atoms with Gasteiger partial charge in [0.05, 0.1) is 5.69 Å². The van der Waals surface area contributed by atoms with Crippen molar-refractivity contribution in [1.82, 2.24) is 25.2 Å². The van der Waals surface area contributed by atoms with Crippen molar-refractivity contribution < 1.29 is 9.32 Å². The highest BCUT2D eigenvalue weighted by Gasteiger charge is 2.38. The summed E-state index contributed by atoms with van der Waals surface area (Å²) in [5, 5.41) is 11.1. The summed E-state index contributed by atoms with van der Waals surface area (Å²) in [6, 6.07) is 2.09. The molecule has 1 amide bonds. The van der Waals surface area contributed by atoms with E-state index in [9.17, 15) is 4.79 Å². The van der Waals surface area contributed by atoms with Crippen LogP contribution < -0.4 is 0 Å². The van der Waals surface area contributed by atoms with E-state index in [0.29, 0.717) is 11.6 Å². The lowest BCUT2D eigenvalue weighted by atomic mass is 9.94. The molecule has 2 atom stereocenters. The summed E-state index contributed by atoms with van der Waals surface area (Å²) >= 11 is 0. The lowest BCUT2D eigenvalue weighted by Crippen LogP contribution is -2.47. The number of aryl methyl sites for hydroxylation is 3. The number of carbonyl (C=O) groups excluding carboxylic acids is 1. The maximum Gasteiger partial charge on any atom is 0.274 e. The van der Waals surface area contributed by atoms with Crippen LogP contribution in [0.25, 0.3) is 0 Å². The number of H-pyrrole nitrogens is 1. The number of fused-ring (bicyclic) bond motifs is 4. The van der Waals surface area contributed by atoms with E-state index in [-0.39, 0.29) is 11.9 Å². The van der Waals surface area contributed by atoms with Crippen molar-refractivity contribution in [3.8, 4) is 0 Å². The molecular formula is C18H25N5O2. The van der Waals surface area contributed by atoms with Gasteiger partial charge in [0, 0.05) is 43.5 Å². The lowest BCUT2D eigenvalue weighted by molar-refractivity contribution is 0.0578. The molecule has 2 bridgehead atoms. The molecule has 2 aromatic rings. The van der Waals surface area contributed by atoms with Gasteiger partial charge in [-0.1, -0.05) is 5.16 Å². The smallest absolute Gasteiger partial charge is 0.274 e. The zero-order valence-corrected chi connectivity index (χ0v) is 15.1. The van der Waals surface area contributed by atoms with Gasteiger partial charge in [-0.25, -0.2) is 0 Å². The molecule has 5 heterocycles. The number of rotatable bonds is 3. The third-order valence-corrected chi connectivity index (χ3v) is 5.54. The van der Waals surface area contributed by atoms with Crippen molar-refractivity contribution in [2.75, 3.05) is 19.6 Å². The molecule has 3 aliphatic heterocycles. The first kappa shape index (κ1) is 16.3. The number of aromatic nitrogens is 3. The molecule has 5 rings (SSSR count). The third-order valence-electron chi connectivity index (χ3n) is 5.54. The van der Waals surface area contributed by atoms with Crippen molar-refractivity contribution in [3.63, 3.8) is 0 Å². The van der Waals surface area contributed by atoms with Crippen molar-refractivity contribution in [2.45, 2.75) is 46.2 Å². The number of hydrogen-bond donors (Lipinski definition) is 1. The van der Waals surface area contributed by atoms with E-state index < -0.39 is 0 Å². The van der Waals surface area contributed by atoms with Gasteiger partial charge in [0.15, 0.2) is 0 Å². The van der Waals surface area contributed by atoms with E-state index in [1.54, 1.807) is 0 Å². The summed E-state index contributed by atoms with van der Waals surface area (Å²) in [4.78, 5) is 17.4. The van der Waals surface area contributed by atoms with Gasteiger partial charge in [-0.15, -0.1) is 0 Å². The first-order valence-electron chi connectivity index (χ1n) is 8.98. The molecule has 0 radical (unpaired) electrons.